The molecule has 0 unspecified atom stereocenters. The summed E-state index contributed by atoms with van der Waals surface area (Å²) in [6.45, 7) is 0.754. The summed E-state index contributed by atoms with van der Waals surface area (Å²) in [7, 11) is 0. The van der Waals surface area contributed by atoms with Crippen LogP contribution in [-0.4, -0.2) is 9.97 Å². The first-order valence-corrected chi connectivity index (χ1v) is 8.00. The van der Waals surface area contributed by atoms with Gasteiger partial charge < -0.3 is 5.32 Å². The number of rotatable bonds is 3. The van der Waals surface area contributed by atoms with Crippen molar-refractivity contribution in [3.63, 3.8) is 0 Å². The van der Waals surface area contributed by atoms with E-state index in [9.17, 15) is 0 Å². The molecule has 0 aliphatic rings. The molecule has 3 nitrogen and oxygen atoms in total. The normalized spacial score (nSPS) is 11.2. The van der Waals surface area contributed by atoms with E-state index in [-0.39, 0.29) is 0 Å². The van der Waals surface area contributed by atoms with Gasteiger partial charge in [-0.1, -0.05) is 12.1 Å². The molecule has 0 spiro atoms. The molecule has 2 aromatic carbocycles. The lowest BCUT2D eigenvalue weighted by molar-refractivity contribution is 1.12. The van der Waals surface area contributed by atoms with E-state index < -0.39 is 0 Å². The Morgan fingerprint density at radius 1 is 1.00 bits per heavy atom. The highest BCUT2D eigenvalue weighted by Crippen LogP contribution is 2.24. The Hall–Kier alpha value is -1.98. The summed E-state index contributed by atoms with van der Waals surface area (Å²) in [5.74, 6) is 0. The van der Waals surface area contributed by atoms with Crippen LogP contribution in [0, 0.1) is 0 Å². The van der Waals surface area contributed by atoms with E-state index in [1.807, 2.05) is 17.6 Å². The van der Waals surface area contributed by atoms with Gasteiger partial charge in [-0.2, -0.15) is 0 Å². The quantitative estimate of drug-likeness (QED) is 0.604. The molecular weight excluding hydrogens is 286 g/mol. The molecule has 0 aliphatic carbocycles. The molecule has 20 heavy (non-hydrogen) atoms. The number of hydrogen-bond acceptors (Lipinski definition) is 5. The van der Waals surface area contributed by atoms with Crippen molar-refractivity contribution in [2.45, 2.75) is 6.54 Å². The lowest BCUT2D eigenvalue weighted by Crippen LogP contribution is -1.98. The Labute approximate surface area is 123 Å². The third kappa shape index (κ3) is 2.15. The highest BCUT2D eigenvalue weighted by atomic mass is 32.1. The monoisotopic (exact) mass is 297 g/mol. The van der Waals surface area contributed by atoms with Crippen molar-refractivity contribution in [2.24, 2.45) is 0 Å². The zero-order valence-corrected chi connectivity index (χ0v) is 12.2. The summed E-state index contributed by atoms with van der Waals surface area (Å²) < 4.78 is 2.45. The third-order valence-electron chi connectivity index (χ3n) is 3.11. The van der Waals surface area contributed by atoms with Crippen molar-refractivity contribution in [1.82, 2.24) is 9.97 Å². The Kier molecular flexibility index (Phi) is 2.86. The van der Waals surface area contributed by atoms with Crippen molar-refractivity contribution in [2.75, 3.05) is 5.32 Å². The predicted molar refractivity (Wildman–Crippen MR) is 86.6 cm³/mol. The highest BCUT2D eigenvalue weighted by molar-refractivity contribution is 7.18. The highest BCUT2D eigenvalue weighted by Gasteiger charge is 2.03. The average molecular weight is 297 g/mol. The summed E-state index contributed by atoms with van der Waals surface area (Å²) in [4.78, 5) is 8.91. The number of nitrogens with zero attached hydrogens (tertiary/aromatic N) is 2. The Morgan fingerprint density at radius 3 is 2.90 bits per heavy atom. The number of anilines is 1. The molecule has 0 radical (unpaired) electrons. The van der Waals surface area contributed by atoms with E-state index in [0.717, 1.165) is 28.3 Å². The lowest BCUT2D eigenvalue weighted by Gasteiger charge is -2.03. The molecule has 1 N–H and O–H groups in total. The molecule has 0 bridgehead atoms. The van der Waals surface area contributed by atoms with Crippen molar-refractivity contribution >= 4 is 48.8 Å². The number of benzene rings is 2. The molecule has 0 aliphatic heterocycles. The fourth-order valence-electron chi connectivity index (χ4n) is 2.14. The van der Waals surface area contributed by atoms with Crippen LogP contribution < -0.4 is 5.32 Å². The third-order valence-corrected chi connectivity index (χ3v) is 4.94. The van der Waals surface area contributed by atoms with Gasteiger partial charge in [-0.05, 0) is 30.3 Å². The summed E-state index contributed by atoms with van der Waals surface area (Å²) in [5.41, 5.74) is 5.12. The van der Waals surface area contributed by atoms with E-state index in [1.54, 1.807) is 22.7 Å². The Bertz CT molecular complexity index is 844. The van der Waals surface area contributed by atoms with E-state index in [0.29, 0.717) is 0 Å². The molecular formula is C15H11N3S2. The van der Waals surface area contributed by atoms with Gasteiger partial charge in [-0.25, -0.2) is 9.97 Å². The zero-order chi connectivity index (χ0) is 13.4. The van der Waals surface area contributed by atoms with Gasteiger partial charge in [0.1, 0.15) is 5.01 Å². The zero-order valence-electron chi connectivity index (χ0n) is 10.5. The van der Waals surface area contributed by atoms with Crippen LogP contribution in [0.1, 0.15) is 5.01 Å². The van der Waals surface area contributed by atoms with Gasteiger partial charge in [0.25, 0.3) is 0 Å². The molecule has 5 heteroatoms. The van der Waals surface area contributed by atoms with E-state index in [1.165, 1.54) is 9.40 Å². The van der Waals surface area contributed by atoms with E-state index >= 15 is 0 Å². The Balaban J connectivity index is 1.56. The number of aromatic nitrogens is 2. The molecule has 0 saturated heterocycles. The van der Waals surface area contributed by atoms with Crippen LogP contribution in [0.2, 0.25) is 0 Å². The van der Waals surface area contributed by atoms with Crippen LogP contribution >= 0.6 is 22.7 Å². The topological polar surface area (TPSA) is 37.8 Å². The number of para-hydroxylation sites is 1. The first kappa shape index (κ1) is 11.8. The molecule has 4 aromatic rings. The van der Waals surface area contributed by atoms with Gasteiger partial charge in [-0.3, -0.25) is 0 Å². The number of hydrogen-bond donors (Lipinski definition) is 1. The minimum atomic E-state index is 0.754. The van der Waals surface area contributed by atoms with Crippen molar-refractivity contribution in [3.8, 4) is 0 Å². The van der Waals surface area contributed by atoms with Crippen LogP contribution in [0.4, 0.5) is 5.69 Å². The standard InChI is InChI=1S/C15H11N3S2/c1-2-4-13-12(3-1)18-15(20-13)8-16-10-5-6-11-14(7-10)19-9-17-11/h1-7,9,16H,8H2. The maximum absolute atomic E-state index is 4.63. The molecule has 0 saturated carbocycles. The number of nitrogens with one attached hydrogen (secondary N) is 1. The maximum atomic E-state index is 4.63. The maximum Gasteiger partial charge on any atom is 0.113 e. The molecule has 2 aromatic heterocycles. The molecule has 4 rings (SSSR count). The second kappa shape index (κ2) is 4.85. The van der Waals surface area contributed by atoms with Crippen LogP contribution in [0.15, 0.2) is 48.0 Å². The van der Waals surface area contributed by atoms with Gasteiger partial charge in [0.15, 0.2) is 0 Å². The summed E-state index contributed by atoms with van der Waals surface area (Å²) in [6, 6.07) is 14.5. The average Bonchev–Trinajstić information content (AvgIpc) is 3.10. The fourth-order valence-corrected chi connectivity index (χ4v) is 3.76. The smallest absolute Gasteiger partial charge is 0.113 e. The van der Waals surface area contributed by atoms with E-state index in [2.05, 4.69) is 45.6 Å². The molecule has 98 valence electrons. The van der Waals surface area contributed by atoms with Crippen molar-refractivity contribution in [1.29, 1.82) is 0 Å². The summed E-state index contributed by atoms with van der Waals surface area (Å²) in [5, 5.41) is 4.54. The minimum Gasteiger partial charge on any atom is -0.378 e. The van der Waals surface area contributed by atoms with Crippen molar-refractivity contribution < 1.29 is 0 Å². The van der Waals surface area contributed by atoms with E-state index in [4.69, 9.17) is 0 Å². The Morgan fingerprint density at radius 2 is 1.95 bits per heavy atom. The van der Waals surface area contributed by atoms with Crippen LogP contribution in [-0.2, 0) is 6.54 Å². The molecule has 0 atom stereocenters. The van der Waals surface area contributed by atoms with Crippen LogP contribution in [0.5, 0.6) is 0 Å². The summed E-state index contributed by atoms with van der Waals surface area (Å²) >= 11 is 3.40. The van der Waals surface area contributed by atoms with Crippen LogP contribution in [0.3, 0.4) is 0 Å². The second-order valence-corrected chi connectivity index (χ2v) is 6.47. The molecule has 0 fully saturated rings. The largest absolute Gasteiger partial charge is 0.378 e. The summed E-state index contributed by atoms with van der Waals surface area (Å²) in [6.07, 6.45) is 0. The fraction of sp³-hybridized carbons (Fsp3) is 0.0667. The lowest BCUT2D eigenvalue weighted by atomic mass is 10.3. The van der Waals surface area contributed by atoms with Gasteiger partial charge in [0, 0.05) is 5.69 Å². The van der Waals surface area contributed by atoms with Gasteiger partial charge in [-0.15, -0.1) is 22.7 Å². The number of thiazole rings is 2. The predicted octanol–water partition coefficient (Wildman–Crippen LogP) is 4.52. The number of fused-ring (bicyclic) bond motifs is 2. The first-order valence-electron chi connectivity index (χ1n) is 6.30. The second-order valence-electron chi connectivity index (χ2n) is 4.46. The molecule has 2 heterocycles. The van der Waals surface area contributed by atoms with Gasteiger partial charge >= 0.3 is 0 Å². The molecule has 0 amide bonds. The minimum absolute atomic E-state index is 0.754. The van der Waals surface area contributed by atoms with Gasteiger partial charge in [0.05, 0.1) is 32.5 Å². The van der Waals surface area contributed by atoms with Crippen LogP contribution in [0.25, 0.3) is 20.4 Å². The van der Waals surface area contributed by atoms with Crippen molar-refractivity contribution in [3.05, 3.63) is 53.0 Å². The van der Waals surface area contributed by atoms with Gasteiger partial charge in [0.2, 0.25) is 0 Å². The first-order chi connectivity index (χ1) is 9.88. The SMILES string of the molecule is c1ccc2sc(CNc3ccc4ncsc4c3)nc2c1.